The molecule has 0 bridgehead atoms. The number of halogens is 1. The summed E-state index contributed by atoms with van der Waals surface area (Å²) >= 11 is 0. The fourth-order valence-corrected chi connectivity index (χ4v) is 2.64. The Morgan fingerprint density at radius 2 is 2.04 bits per heavy atom. The van der Waals surface area contributed by atoms with Gasteiger partial charge < -0.3 is 10.6 Å². The number of carbonyl (C=O) groups excluding carboxylic acids is 3. The molecular formula is C18H17FN4O3. The molecule has 26 heavy (non-hydrogen) atoms. The molecule has 1 aliphatic rings. The first kappa shape index (κ1) is 17.5. The van der Waals surface area contributed by atoms with Crippen molar-refractivity contribution in [3.05, 3.63) is 65.7 Å². The van der Waals surface area contributed by atoms with Crippen LogP contribution in [-0.4, -0.2) is 33.8 Å². The number of imide groups is 1. The van der Waals surface area contributed by atoms with Crippen LogP contribution in [0.25, 0.3) is 0 Å². The summed E-state index contributed by atoms with van der Waals surface area (Å²) in [7, 11) is 0. The van der Waals surface area contributed by atoms with Crippen molar-refractivity contribution in [2.45, 2.75) is 25.6 Å². The van der Waals surface area contributed by atoms with E-state index in [4.69, 9.17) is 0 Å². The molecule has 7 nitrogen and oxygen atoms in total. The van der Waals surface area contributed by atoms with E-state index in [1.807, 2.05) is 6.07 Å². The molecule has 0 radical (unpaired) electrons. The van der Waals surface area contributed by atoms with Gasteiger partial charge in [0.15, 0.2) is 0 Å². The van der Waals surface area contributed by atoms with Gasteiger partial charge in [-0.15, -0.1) is 0 Å². The number of benzene rings is 1. The smallest absolute Gasteiger partial charge is 0.325 e. The maximum Gasteiger partial charge on any atom is 0.325 e. The lowest BCUT2D eigenvalue weighted by Gasteiger charge is -2.13. The number of hydrogen-bond donors (Lipinski definition) is 2. The lowest BCUT2D eigenvalue weighted by Crippen LogP contribution is -2.36. The molecule has 8 heteroatoms. The highest BCUT2D eigenvalue weighted by Crippen LogP contribution is 2.15. The molecule has 1 aromatic heterocycles. The number of nitrogens with zero attached hydrogens (tertiary/aromatic N) is 2. The van der Waals surface area contributed by atoms with Crippen molar-refractivity contribution in [3.63, 3.8) is 0 Å². The van der Waals surface area contributed by atoms with E-state index in [0.717, 1.165) is 10.5 Å². The maximum absolute atomic E-state index is 13.2. The second-order valence-corrected chi connectivity index (χ2v) is 5.90. The molecule has 0 unspecified atom stereocenters. The molecule has 4 amide bonds. The third-order valence-corrected chi connectivity index (χ3v) is 3.94. The van der Waals surface area contributed by atoms with Gasteiger partial charge >= 0.3 is 6.03 Å². The van der Waals surface area contributed by atoms with Gasteiger partial charge in [-0.3, -0.25) is 19.5 Å². The summed E-state index contributed by atoms with van der Waals surface area (Å²) in [4.78, 5) is 41.3. The molecule has 2 N–H and O–H groups in total. The van der Waals surface area contributed by atoms with Crippen LogP contribution in [0.2, 0.25) is 0 Å². The van der Waals surface area contributed by atoms with Gasteiger partial charge in [0.05, 0.1) is 13.0 Å². The molecule has 0 saturated carbocycles. The molecular weight excluding hydrogens is 339 g/mol. The monoisotopic (exact) mass is 356 g/mol. The summed E-state index contributed by atoms with van der Waals surface area (Å²) in [5.41, 5.74) is 1.32. The molecule has 0 aliphatic carbocycles. The van der Waals surface area contributed by atoms with E-state index >= 15 is 0 Å². The molecule has 0 spiro atoms. The van der Waals surface area contributed by atoms with E-state index in [9.17, 15) is 18.8 Å². The second-order valence-electron chi connectivity index (χ2n) is 5.90. The zero-order valence-electron chi connectivity index (χ0n) is 13.8. The standard InChI is InChI=1S/C18H17FN4O3/c19-14-5-1-3-12(7-14)11-23-17(25)15(22-18(23)26)8-16(24)21-10-13-4-2-6-20-9-13/h1-7,9,15H,8,10-11H2,(H,21,24)(H,22,26)/t15-/m0/s1. The Labute approximate surface area is 149 Å². The molecule has 1 aliphatic heterocycles. The average Bonchev–Trinajstić information content (AvgIpc) is 2.88. The van der Waals surface area contributed by atoms with Gasteiger partial charge in [0.2, 0.25) is 5.91 Å². The Morgan fingerprint density at radius 3 is 2.77 bits per heavy atom. The van der Waals surface area contributed by atoms with Crippen LogP contribution in [0.15, 0.2) is 48.8 Å². The predicted octanol–water partition coefficient (Wildman–Crippen LogP) is 1.35. The van der Waals surface area contributed by atoms with Gasteiger partial charge in [-0.2, -0.15) is 0 Å². The fourth-order valence-electron chi connectivity index (χ4n) is 2.64. The first-order valence-electron chi connectivity index (χ1n) is 8.05. The van der Waals surface area contributed by atoms with Crippen molar-refractivity contribution in [1.29, 1.82) is 0 Å². The lowest BCUT2D eigenvalue weighted by atomic mass is 10.1. The fraction of sp³-hybridized carbons (Fsp3) is 0.222. The van der Waals surface area contributed by atoms with Gasteiger partial charge in [-0.05, 0) is 29.3 Å². The first-order chi connectivity index (χ1) is 12.5. The molecule has 1 fully saturated rings. The SMILES string of the molecule is O=C(C[C@@H]1NC(=O)N(Cc2cccc(F)c2)C1=O)NCc1cccnc1. The Balaban J connectivity index is 1.55. The highest BCUT2D eigenvalue weighted by atomic mass is 19.1. The summed E-state index contributed by atoms with van der Waals surface area (Å²) in [5, 5.41) is 5.17. The van der Waals surface area contributed by atoms with Gasteiger partial charge in [-0.25, -0.2) is 9.18 Å². The van der Waals surface area contributed by atoms with Crippen LogP contribution in [0.3, 0.4) is 0 Å². The van der Waals surface area contributed by atoms with Crippen LogP contribution in [0.1, 0.15) is 17.5 Å². The maximum atomic E-state index is 13.2. The number of urea groups is 1. The summed E-state index contributed by atoms with van der Waals surface area (Å²) in [6.07, 6.45) is 3.10. The summed E-state index contributed by atoms with van der Waals surface area (Å²) in [5.74, 6) is -1.31. The topological polar surface area (TPSA) is 91.4 Å². The van der Waals surface area contributed by atoms with Crippen molar-refractivity contribution in [3.8, 4) is 0 Å². The third kappa shape index (κ3) is 4.21. The van der Waals surface area contributed by atoms with Gasteiger partial charge in [-0.1, -0.05) is 18.2 Å². The zero-order chi connectivity index (χ0) is 18.5. The highest BCUT2D eigenvalue weighted by molar-refractivity contribution is 6.05. The van der Waals surface area contributed by atoms with E-state index in [1.165, 1.54) is 18.2 Å². The number of aromatic nitrogens is 1. The van der Waals surface area contributed by atoms with Gasteiger partial charge in [0.1, 0.15) is 11.9 Å². The highest BCUT2D eigenvalue weighted by Gasteiger charge is 2.38. The van der Waals surface area contributed by atoms with Crippen LogP contribution in [0.5, 0.6) is 0 Å². The van der Waals surface area contributed by atoms with Crippen LogP contribution in [0.4, 0.5) is 9.18 Å². The van der Waals surface area contributed by atoms with E-state index in [2.05, 4.69) is 15.6 Å². The van der Waals surface area contributed by atoms with E-state index < -0.39 is 23.8 Å². The van der Waals surface area contributed by atoms with Crippen molar-refractivity contribution in [2.24, 2.45) is 0 Å². The Bertz CT molecular complexity index is 828. The largest absolute Gasteiger partial charge is 0.352 e. The number of nitrogens with one attached hydrogen (secondary N) is 2. The van der Waals surface area contributed by atoms with Crippen molar-refractivity contribution >= 4 is 17.8 Å². The van der Waals surface area contributed by atoms with Crippen molar-refractivity contribution < 1.29 is 18.8 Å². The minimum atomic E-state index is -0.926. The predicted molar refractivity (Wildman–Crippen MR) is 90.0 cm³/mol. The molecule has 2 aromatic rings. The van der Waals surface area contributed by atoms with E-state index in [0.29, 0.717) is 5.56 Å². The van der Waals surface area contributed by atoms with Crippen LogP contribution in [0, 0.1) is 5.82 Å². The minimum Gasteiger partial charge on any atom is -0.352 e. The Morgan fingerprint density at radius 1 is 1.23 bits per heavy atom. The average molecular weight is 356 g/mol. The van der Waals surface area contributed by atoms with Crippen LogP contribution in [-0.2, 0) is 22.7 Å². The number of amides is 4. The van der Waals surface area contributed by atoms with Crippen LogP contribution >= 0.6 is 0 Å². The number of hydrogen-bond acceptors (Lipinski definition) is 4. The quantitative estimate of drug-likeness (QED) is 0.765. The summed E-state index contributed by atoms with van der Waals surface area (Å²) in [6, 6.07) is 7.72. The Kier molecular flexibility index (Phi) is 5.21. The number of carbonyl (C=O) groups is 3. The third-order valence-electron chi connectivity index (χ3n) is 3.94. The molecule has 1 aromatic carbocycles. The van der Waals surface area contributed by atoms with Gasteiger partial charge in [0.25, 0.3) is 5.91 Å². The molecule has 1 atom stereocenters. The molecule has 1 saturated heterocycles. The summed E-state index contributed by atoms with van der Waals surface area (Å²) in [6.45, 7) is 0.241. The molecule has 2 heterocycles. The second kappa shape index (κ2) is 7.73. The summed E-state index contributed by atoms with van der Waals surface area (Å²) < 4.78 is 13.2. The van der Waals surface area contributed by atoms with Crippen molar-refractivity contribution in [2.75, 3.05) is 0 Å². The first-order valence-corrected chi connectivity index (χ1v) is 8.05. The normalized spacial score (nSPS) is 16.5. The minimum absolute atomic E-state index is 0.0454. The Hall–Kier alpha value is -3.29. The van der Waals surface area contributed by atoms with E-state index in [-0.39, 0.29) is 25.4 Å². The number of rotatable bonds is 6. The molecule has 134 valence electrons. The lowest BCUT2D eigenvalue weighted by molar-refractivity contribution is -0.131. The van der Waals surface area contributed by atoms with E-state index in [1.54, 1.807) is 24.5 Å². The molecule has 3 rings (SSSR count). The van der Waals surface area contributed by atoms with Crippen LogP contribution < -0.4 is 10.6 Å². The van der Waals surface area contributed by atoms with Crippen molar-refractivity contribution in [1.82, 2.24) is 20.5 Å². The van der Waals surface area contributed by atoms with Gasteiger partial charge in [0, 0.05) is 18.9 Å². The number of pyridine rings is 1. The zero-order valence-corrected chi connectivity index (χ0v) is 13.8.